The molecule has 0 atom stereocenters. The SMILES string of the molecule is CC1(C)CNC2=C1CC=C(Cc1ccccc1)C2. The summed E-state index contributed by atoms with van der Waals surface area (Å²) in [6.07, 6.45) is 5.80. The van der Waals surface area contributed by atoms with Gasteiger partial charge in [-0.3, -0.25) is 0 Å². The standard InChI is InChI=1S/C17H21N/c1-17(2)12-18-16-11-14(8-9-15(16)17)10-13-6-4-3-5-7-13/h3-8,18H,9-12H2,1-2H3. The van der Waals surface area contributed by atoms with Crippen LogP contribution in [-0.4, -0.2) is 6.54 Å². The zero-order chi connectivity index (χ0) is 12.6. The molecule has 1 aromatic carbocycles. The lowest BCUT2D eigenvalue weighted by atomic mass is 9.80. The Morgan fingerprint density at radius 1 is 1.17 bits per heavy atom. The Bertz CT molecular complexity index is 506. The van der Waals surface area contributed by atoms with E-state index in [0.29, 0.717) is 5.41 Å². The molecular formula is C17H21N. The van der Waals surface area contributed by atoms with E-state index in [1.807, 2.05) is 0 Å². The largest absolute Gasteiger partial charge is 0.387 e. The molecule has 0 aromatic heterocycles. The van der Waals surface area contributed by atoms with Gasteiger partial charge in [0.1, 0.15) is 0 Å². The number of rotatable bonds is 2. The maximum absolute atomic E-state index is 3.60. The fourth-order valence-electron chi connectivity index (χ4n) is 3.06. The van der Waals surface area contributed by atoms with Crippen LogP contribution in [0.4, 0.5) is 0 Å². The Hall–Kier alpha value is -1.50. The summed E-state index contributed by atoms with van der Waals surface area (Å²) in [4.78, 5) is 0. The van der Waals surface area contributed by atoms with Crippen molar-refractivity contribution in [1.29, 1.82) is 0 Å². The third-order valence-corrected chi connectivity index (χ3v) is 4.20. The zero-order valence-electron chi connectivity index (χ0n) is 11.3. The van der Waals surface area contributed by atoms with E-state index in [1.165, 1.54) is 11.3 Å². The highest BCUT2D eigenvalue weighted by molar-refractivity contribution is 5.37. The molecule has 0 fully saturated rings. The van der Waals surface area contributed by atoms with Crippen molar-refractivity contribution in [2.24, 2.45) is 5.41 Å². The van der Waals surface area contributed by atoms with E-state index in [-0.39, 0.29) is 0 Å². The van der Waals surface area contributed by atoms with Gasteiger partial charge in [-0.05, 0) is 24.0 Å². The Morgan fingerprint density at radius 3 is 2.72 bits per heavy atom. The van der Waals surface area contributed by atoms with Crippen LogP contribution in [0.3, 0.4) is 0 Å². The van der Waals surface area contributed by atoms with Crippen LogP contribution < -0.4 is 5.32 Å². The summed E-state index contributed by atoms with van der Waals surface area (Å²) in [7, 11) is 0. The van der Waals surface area contributed by atoms with Crippen molar-refractivity contribution in [2.75, 3.05) is 6.54 Å². The Kier molecular flexibility index (Phi) is 2.77. The molecule has 94 valence electrons. The number of hydrogen-bond acceptors (Lipinski definition) is 1. The van der Waals surface area contributed by atoms with Crippen molar-refractivity contribution in [3.8, 4) is 0 Å². The summed E-state index contributed by atoms with van der Waals surface area (Å²) in [6, 6.07) is 10.8. The van der Waals surface area contributed by atoms with Crippen molar-refractivity contribution in [2.45, 2.75) is 33.1 Å². The van der Waals surface area contributed by atoms with Crippen molar-refractivity contribution >= 4 is 0 Å². The molecule has 1 heterocycles. The minimum absolute atomic E-state index is 0.351. The average molecular weight is 239 g/mol. The second-order valence-corrected chi connectivity index (χ2v) is 6.10. The molecule has 0 saturated heterocycles. The van der Waals surface area contributed by atoms with E-state index >= 15 is 0 Å². The maximum atomic E-state index is 3.60. The Morgan fingerprint density at radius 2 is 1.94 bits per heavy atom. The fourth-order valence-corrected chi connectivity index (χ4v) is 3.06. The lowest BCUT2D eigenvalue weighted by Gasteiger charge is -2.23. The summed E-state index contributed by atoms with van der Waals surface area (Å²) in [5.41, 5.74) is 6.45. The quantitative estimate of drug-likeness (QED) is 0.773. The Labute approximate surface area is 110 Å². The average Bonchev–Trinajstić information content (AvgIpc) is 2.66. The van der Waals surface area contributed by atoms with E-state index < -0.39 is 0 Å². The summed E-state index contributed by atoms with van der Waals surface area (Å²) in [5, 5.41) is 3.60. The van der Waals surface area contributed by atoms with Gasteiger partial charge in [-0.25, -0.2) is 0 Å². The topological polar surface area (TPSA) is 12.0 Å². The monoisotopic (exact) mass is 239 g/mol. The summed E-state index contributed by atoms with van der Waals surface area (Å²) in [5.74, 6) is 0. The summed E-state index contributed by atoms with van der Waals surface area (Å²) in [6.45, 7) is 5.79. The van der Waals surface area contributed by atoms with Gasteiger partial charge in [0.2, 0.25) is 0 Å². The molecule has 18 heavy (non-hydrogen) atoms. The predicted molar refractivity (Wildman–Crippen MR) is 76.3 cm³/mol. The minimum Gasteiger partial charge on any atom is -0.387 e. The van der Waals surface area contributed by atoms with Crippen molar-refractivity contribution in [1.82, 2.24) is 5.32 Å². The van der Waals surface area contributed by atoms with Gasteiger partial charge >= 0.3 is 0 Å². The number of allylic oxidation sites excluding steroid dienone is 2. The van der Waals surface area contributed by atoms with Gasteiger partial charge in [0, 0.05) is 24.1 Å². The van der Waals surface area contributed by atoms with Crippen LogP contribution in [0, 0.1) is 5.41 Å². The minimum atomic E-state index is 0.351. The molecule has 0 amide bonds. The summed E-state index contributed by atoms with van der Waals surface area (Å²) < 4.78 is 0. The molecule has 0 bridgehead atoms. The third-order valence-electron chi connectivity index (χ3n) is 4.20. The number of nitrogens with one attached hydrogen (secondary N) is 1. The van der Waals surface area contributed by atoms with Gasteiger partial charge < -0.3 is 5.32 Å². The molecule has 0 spiro atoms. The highest BCUT2D eigenvalue weighted by Crippen LogP contribution is 2.40. The first-order chi connectivity index (χ1) is 8.65. The maximum Gasteiger partial charge on any atom is 0.0233 e. The first-order valence-corrected chi connectivity index (χ1v) is 6.83. The van der Waals surface area contributed by atoms with E-state index in [2.05, 4.69) is 55.6 Å². The van der Waals surface area contributed by atoms with Crippen LogP contribution >= 0.6 is 0 Å². The molecular weight excluding hydrogens is 218 g/mol. The molecule has 0 unspecified atom stereocenters. The first kappa shape index (κ1) is 11.6. The molecule has 1 N–H and O–H groups in total. The zero-order valence-corrected chi connectivity index (χ0v) is 11.3. The van der Waals surface area contributed by atoms with E-state index in [1.54, 1.807) is 11.1 Å². The highest BCUT2D eigenvalue weighted by atomic mass is 14.9. The van der Waals surface area contributed by atoms with Crippen LogP contribution in [0.1, 0.15) is 32.3 Å². The van der Waals surface area contributed by atoms with Gasteiger partial charge in [0.25, 0.3) is 0 Å². The molecule has 2 aliphatic rings. The van der Waals surface area contributed by atoms with Crippen LogP contribution in [0.5, 0.6) is 0 Å². The molecule has 0 radical (unpaired) electrons. The number of hydrogen-bond donors (Lipinski definition) is 1. The fraction of sp³-hybridized carbons (Fsp3) is 0.412. The predicted octanol–water partition coefficient (Wildman–Crippen LogP) is 3.83. The molecule has 1 heteroatoms. The molecule has 3 rings (SSSR count). The second kappa shape index (κ2) is 4.31. The lowest BCUT2D eigenvalue weighted by molar-refractivity contribution is 0.462. The normalized spacial score (nSPS) is 21.3. The molecule has 1 aromatic rings. The Balaban J connectivity index is 1.73. The molecule has 1 aliphatic carbocycles. The lowest BCUT2D eigenvalue weighted by Crippen LogP contribution is -2.19. The second-order valence-electron chi connectivity index (χ2n) is 6.10. The molecule has 1 aliphatic heterocycles. The van der Waals surface area contributed by atoms with Crippen LogP contribution in [0.15, 0.2) is 53.3 Å². The van der Waals surface area contributed by atoms with Crippen molar-refractivity contribution < 1.29 is 0 Å². The molecule has 1 nitrogen and oxygen atoms in total. The molecule has 0 saturated carbocycles. The summed E-state index contributed by atoms with van der Waals surface area (Å²) >= 11 is 0. The smallest absolute Gasteiger partial charge is 0.0233 e. The van der Waals surface area contributed by atoms with Gasteiger partial charge in [-0.1, -0.05) is 55.8 Å². The first-order valence-electron chi connectivity index (χ1n) is 6.83. The van der Waals surface area contributed by atoms with Gasteiger partial charge in [-0.2, -0.15) is 0 Å². The van der Waals surface area contributed by atoms with Crippen LogP contribution in [0.2, 0.25) is 0 Å². The highest BCUT2D eigenvalue weighted by Gasteiger charge is 2.33. The number of benzene rings is 1. The van der Waals surface area contributed by atoms with Gasteiger partial charge in [0.05, 0.1) is 0 Å². The van der Waals surface area contributed by atoms with E-state index in [4.69, 9.17) is 0 Å². The van der Waals surface area contributed by atoms with Crippen molar-refractivity contribution in [3.05, 3.63) is 58.8 Å². The van der Waals surface area contributed by atoms with Gasteiger partial charge in [0.15, 0.2) is 0 Å². The van der Waals surface area contributed by atoms with Crippen LogP contribution in [0.25, 0.3) is 0 Å². The van der Waals surface area contributed by atoms with E-state index in [9.17, 15) is 0 Å². The van der Waals surface area contributed by atoms with Crippen LogP contribution in [-0.2, 0) is 6.42 Å². The van der Waals surface area contributed by atoms with E-state index in [0.717, 1.165) is 25.8 Å². The van der Waals surface area contributed by atoms with Gasteiger partial charge in [-0.15, -0.1) is 0 Å². The van der Waals surface area contributed by atoms with Crippen molar-refractivity contribution in [3.63, 3.8) is 0 Å². The third kappa shape index (κ3) is 2.10.